The Kier molecular flexibility index (Phi) is 7.00. The van der Waals surface area contributed by atoms with Gasteiger partial charge in [-0.2, -0.15) is 0 Å². The molecule has 3 nitrogen and oxygen atoms in total. The van der Waals surface area contributed by atoms with Gasteiger partial charge < -0.3 is 10.4 Å². The van der Waals surface area contributed by atoms with Crippen LogP contribution in [0.25, 0.3) is 0 Å². The number of hydrogen-bond acceptors (Lipinski definition) is 3. The van der Waals surface area contributed by atoms with Gasteiger partial charge in [-0.3, -0.25) is 4.90 Å². The van der Waals surface area contributed by atoms with Crippen molar-refractivity contribution in [1.29, 1.82) is 0 Å². The molecule has 1 aliphatic rings. The smallest absolute Gasteiger partial charge is 0.144 e. The van der Waals surface area contributed by atoms with Crippen molar-refractivity contribution < 1.29 is 5.11 Å². The summed E-state index contributed by atoms with van der Waals surface area (Å²) in [5, 5.41) is 13.6. The lowest BCUT2D eigenvalue weighted by Crippen LogP contribution is -2.45. The monoisotopic (exact) mass is 482 g/mol. The molecule has 1 heterocycles. The third kappa shape index (κ3) is 4.22. The molecule has 0 amide bonds. The van der Waals surface area contributed by atoms with Crippen molar-refractivity contribution in [3.05, 3.63) is 25.0 Å². The average Bonchev–Trinajstić information content (AvgIpc) is 2.49. The van der Waals surface area contributed by atoms with E-state index in [9.17, 15) is 5.11 Å². The highest BCUT2D eigenvalue weighted by atomic mass is 79.9. The van der Waals surface area contributed by atoms with Gasteiger partial charge in [0.15, 0.2) is 0 Å². The predicted molar refractivity (Wildman–Crippen MR) is 97.9 cm³/mol. The Morgan fingerprint density at radius 2 is 1.90 bits per heavy atom. The molecule has 0 radical (unpaired) electrons. The molecule has 2 rings (SSSR count). The number of hydrogen-bond donors (Lipinski definition) is 2. The Hall–Kier alpha value is 0.380. The van der Waals surface area contributed by atoms with E-state index in [0.29, 0.717) is 10.5 Å². The van der Waals surface area contributed by atoms with Crippen LogP contribution >= 0.6 is 47.8 Å². The maximum Gasteiger partial charge on any atom is 0.144 e. The fourth-order valence-corrected chi connectivity index (χ4v) is 5.45. The van der Waals surface area contributed by atoms with Crippen LogP contribution in [0.5, 0.6) is 5.75 Å². The van der Waals surface area contributed by atoms with E-state index in [1.807, 2.05) is 6.07 Å². The van der Waals surface area contributed by atoms with E-state index < -0.39 is 0 Å². The first kappa shape index (κ1) is 17.7. The van der Waals surface area contributed by atoms with Crippen LogP contribution in [0.3, 0.4) is 0 Å². The molecule has 1 aliphatic heterocycles. The average molecular weight is 485 g/mol. The van der Waals surface area contributed by atoms with Crippen molar-refractivity contribution in [1.82, 2.24) is 10.2 Å². The number of rotatable bonds is 5. The molecule has 0 aliphatic carbocycles. The standard InChI is InChI=1S/C15H21Br3N2O/c1-2-3-4-12(20-7-5-19-6-8-20)13-10(16)9-11(17)15(21)14(13)18/h9,12,19,21H,2-8H2,1H3/t12-/m0/s1. The summed E-state index contributed by atoms with van der Waals surface area (Å²) in [5.41, 5.74) is 1.16. The molecule has 1 aromatic rings. The fourth-order valence-electron chi connectivity index (χ4n) is 2.80. The first-order valence-electron chi connectivity index (χ1n) is 7.37. The van der Waals surface area contributed by atoms with Gasteiger partial charge in [-0.15, -0.1) is 0 Å². The molecule has 0 bridgehead atoms. The number of aromatic hydroxyl groups is 1. The lowest BCUT2D eigenvalue weighted by Gasteiger charge is -2.36. The van der Waals surface area contributed by atoms with E-state index in [0.717, 1.165) is 47.1 Å². The highest BCUT2D eigenvalue weighted by molar-refractivity contribution is 9.11. The van der Waals surface area contributed by atoms with Crippen molar-refractivity contribution in [3.63, 3.8) is 0 Å². The largest absolute Gasteiger partial charge is 0.506 e. The van der Waals surface area contributed by atoms with Crippen LogP contribution in [0.15, 0.2) is 19.5 Å². The van der Waals surface area contributed by atoms with E-state index >= 15 is 0 Å². The molecule has 1 saturated heterocycles. The quantitative estimate of drug-likeness (QED) is 0.629. The number of phenolic OH excluding ortho intramolecular Hbond substituents is 1. The number of unbranched alkanes of at least 4 members (excludes halogenated alkanes) is 1. The third-order valence-electron chi connectivity index (χ3n) is 3.94. The van der Waals surface area contributed by atoms with Crippen LogP contribution in [0, 0.1) is 0 Å². The second kappa shape index (κ2) is 8.29. The zero-order valence-electron chi connectivity index (χ0n) is 12.1. The van der Waals surface area contributed by atoms with Gasteiger partial charge in [0.2, 0.25) is 0 Å². The second-order valence-corrected chi connectivity index (χ2v) is 7.86. The molecule has 1 fully saturated rings. The first-order valence-corrected chi connectivity index (χ1v) is 9.75. The van der Waals surface area contributed by atoms with Gasteiger partial charge in [0.1, 0.15) is 5.75 Å². The highest BCUT2D eigenvalue weighted by Crippen LogP contribution is 2.44. The summed E-state index contributed by atoms with van der Waals surface area (Å²) in [6.07, 6.45) is 3.47. The molecule has 1 atom stereocenters. The Balaban J connectivity index is 2.38. The zero-order chi connectivity index (χ0) is 15.4. The molecule has 1 aromatic carbocycles. The fraction of sp³-hybridized carbons (Fsp3) is 0.600. The van der Waals surface area contributed by atoms with Crippen LogP contribution in [0.2, 0.25) is 0 Å². The zero-order valence-corrected chi connectivity index (χ0v) is 16.9. The van der Waals surface area contributed by atoms with Gasteiger partial charge >= 0.3 is 0 Å². The Morgan fingerprint density at radius 1 is 1.24 bits per heavy atom. The summed E-state index contributed by atoms with van der Waals surface area (Å²) < 4.78 is 2.54. The predicted octanol–water partition coefficient (Wildman–Crippen LogP) is 4.82. The van der Waals surface area contributed by atoms with Crippen LogP contribution in [0.1, 0.15) is 37.8 Å². The Labute approximate surface area is 151 Å². The van der Waals surface area contributed by atoms with Crippen LogP contribution in [-0.4, -0.2) is 36.2 Å². The molecule has 2 N–H and O–H groups in total. The topological polar surface area (TPSA) is 35.5 Å². The number of nitrogens with one attached hydrogen (secondary N) is 1. The van der Waals surface area contributed by atoms with Gasteiger partial charge in [-0.25, -0.2) is 0 Å². The maximum absolute atomic E-state index is 10.2. The maximum atomic E-state index is 10.2. The molecular weight excluding hydrogens is 464 g/mol. The number of phenols is 1. The van der Waals surface area contributed by atoms with Gasteiger partial charge in [0.25, 0.3) is 0 Å². The first-order chi connectivity index (χ1) is 10.1. The summed E-state index contributed by atoms with van der Waals surface area (Å²) in [4.78, 5) is 2.52. The van der Waals surface area contributed by atoms with Crippen molar-refractivity contribution in [2.45, 2.75) is 32.2 Å². The summed E-state index contributed by atoms with van der Waals surface area (Å²) in [6.45, 7) is 6.37. The third-order valence-corrected chi connectivity index (χ3v) is 6.00. The molecule has 0 unspecified atom stereocenters. The molecule has 0 saturated carbocycles. The molecular formula is C15H21Br3N2O. The summed E-state index contributed by atoms with van der Waals surface area (Å²) >= 11 is 10.7. The molecule has 0 aromatic heterocycles. The van der Waals surface area contributed by atoms with Crippen molar-refractivity contribution in [3.8, 4) is 5.75 Å². The minimum absolute atomic E-state index is 0.282. The lowest BCUT2D eigenvalue weighted by molar-refractivity contribution is 0.162. The molecule has 118 valence electrons. The molecule has 21 heavy (non-hydrogen) atoms. The summed E-state index contributed by atoms with van der Waals surface area (Å²) in [5.74, 6) is 0.282. The lowest BCUT2D eigenvalue weighted by atomic mass is 9.98. The van der Waals surface area contributed by atoms with Gasteiger partial charge in [0.05, 0.1) is 8.95 Å². The van der Waals surface area contributed by atoms with E-state index in [4.69, 9.17) is 0 Å². The Morgan fingerprint density at radius 3 is 2.52 bits per heavy atom. The number of piperazine rings is 1. The van der Waals surface area contributed by atoms with Crippen molar-refractivity contribution >= 4 is 47.8 Å². The summed E-state index contributed by atoms with van der Waals surface area (Å²) in [7, 11) is 0. The number of halogens is 3. The summed E-state index contributed by atoms with van der Waals surface area (Å²) in [6, 6.07) is 2.27. The van der Waals surface area contributed by atoms with Gasteiger partial charge in [-0.1, -0.05) is 35.7 Å². The number of benzene rings is 1. The number of nitrogens with zero attached hydrogens (tertiary/aromatic N) is 1. The van der Waals surface area contributed by atoms with Crippen molar-refractivity contribution in [2.24, 2.45) is 0 Å². The molecule has 0 spiro atoms. The van der Waals surface area contributed by atoms with Crippen molar-refractivity contribution in [2.75, 3.05) is 26.2 Å². The molecule has 6 heteroatoms. The van der Waals surface area contributed by atoms with E-state index in [2.05, 4.69) is 64.9 Å². The SMILES string of the molecule is CCCC[C@@H](c1c(Br)cc(Br)c(O)c1Br)N1CCNCC1. The normalized spacial score (nSPS) is 17.9. The Bertz CT molecular complexity index is 490. The minimum atomic E-state index is 0.282. The van der Waals surface area contributed by atoms with Crippen LogP contribution in [-0.2, 0) is 0 Å². The van der Waals surface area contributed by atoms with Gasteiger partial charge in [0, 0.05) is 42.3 Å². The second-order valence-electron chi connectivity index (χ2n) is 5.36. The van der Waals surface area contributed by atoms with E-state index in [1.54, 1.807) is 0 Å². The van der Waals surface area contributed by atoms with E-state index in [1.165, 1.54) is 12.8 Å². The van der Waals surface area contributed by atoms with Gasteiger partial charge in [-0.05, 0) is 44.3 Å². The van der Waals surface area contributed by atoms with Crippen LogP contribution in [0.4, 0.5) is 0 Å². The highest BCUT2D eigenvalue weighted by Gasteiger charge is 2.27. The van der Waals surface area contributed by atoms with E-state index in [-0.39, 0.29) is 5.75 Å². The minimum Gasteiger partial charge on any atom is -0.506 e. The van der Waals surface area contributed by atoms with Crippen LogP contribution < -0.4 is 5.32 Å².